The molecule has 0 heterocycles. The molecule has 0 aliphatic heterocycles. The van der Waals surface area contributed by atoms with Crippen molar-refractivity contribution in [2.24, 2.45) is 56.2 Å². The van der Waals surface area contributed by atoms with Crippen LogP contribution in [0.25, 0.3) is 0 Å². The standard InChI is InChI=1S/C39H60O5/c1-24-12-10-11-13-29(24)44-33(42)36(6)19-18-35(5)20-21-38(8)26(27(35)23-36)22-28(41)32-37(7)16-15-31(43-25(2)40)34(3,4)30(37)14-17-39(32,38)9/h22,24,27,29-32H,10-21,23H2,1-9H3/t24-,27-,29+,30+,31+,32+,35+,36+,37+,38-,39+/m0/s1. The molecule has 0 spiro atoms. The first-order chi connectivity index (χ1) is 20.4. The van der Waals surface area contributed by atoms with Gasteiger partial charge in [-0.25, -0.2) is 0 Å². The Labute approximate surface area is 267 Å². The summed E-state index contributed by atoms with van der Waals surface area (Å²) >= 11 is 0. The maximum atomic E-state index is 14.7. The molecule has 0 N–H and O–H groups in total. The van der Waals surface area contributed by atoms with Gasteiger partial charge >= 0.3 is 11.9 Å². The molecule has 5 nitrogen and oxygen atoms in total. The van der Waals surface area contributed by atoms with Crippen LogP contribution in [0.4, 0.5) is 0 Å². The van der Waals surface area contributed by atoms with E-state index in [0.717, 1.165) is 77.0 Å². The van der Waals surface area contributed by atoms with Crippen LogP contribution in [0.5, 0.6) is 0 Å². The minimum atomic E-state index is -0.510. The van der Waals surface area contributed by atoms with Gasteiger partial charge in [-0.15, -0.1) is 0 Å². The summed E-state index contributed by atoms with van der Waals surface area (Å²) in [4.78, 5) is 40.6. The normalized spacial score (nSPS) is 49.8. The number of carbonyl (C=O) groups is 3. The first kappa shape index (κ1) is 32.3. The van der Waals surface area contributed by atoms with Gasteiger partial charge in [0.1, 0.15) is 12.2 Å². The van der Waals surface area contributed by atoms with Gasteiger partial charge < -0.3 is 9.47 Å². The third-order valence-electron chi connectivity index (χ3n) is 15.6. The molecule has 5 fully saturated rings. The number of rotatable bonds is 3. The van der Waals surface area contributed by atoms with Crippen molar-refractivity contribution in [2.75, 3.05) is 0 Å². The molecule has 6 rings (SSSR count). The van der Waals surface area contributed by atoms with Gasteiger partial charge in [0, 0.05) is 18.3 Å². The second-order valence-corrected chi connectivity index (χ2v) is 18.4. The fourth-order valence-corrected chi connectivity index (χ4v) is 12.5. The number of ether oxygens (including phenoxy) is 2. The molecule has 11 atom stereocenters. The molecule has 246 valence electrons. The topological polar surface area (TPSA) is 69.7 Å². The SMILES string of the molecule is CC(=O)O[C@@H]1CC[C@]2(C)[C@H](CC[C@]3(C)[C@@H]2C(=O)C=C2[C@@H]4C[C@](C)(C(=O)O[C@@H]5CCCC[C@@H]5C)CC[C@]4(C)CC[C@@]23C)C1(C)C. The Kier molecular flexibility index (Phi) is 7.65. The summed E-state index contributed by atoms with van der Waals surface area (Å²) in [5, 5.41) is 0. The van der Waals surface area contributed by atoms with Crippen LogP contribution in [0, 0.1) is 56.2 Å². The monoisotopic (exact) mass is 608 g/mol. The average Bonchev–Trinajstić information content (AvgIpc) is 2.93. The Morgan fingerprint density at radius 1 is 0.818 bits per heavy atom. The minimum Gasteiger partial charge on any atom is -0.462 e. The fraction of sp³-hybridized carbons (Fsp3) is 0.872. The predicted molar refractivity (Wildman–Crippen MR) is 172 cm³/mol. The molecule has 0 saturated heterocycles. The summed E-state index contributed by atoms with van der Waals surface area (Å²) in [5.41, 5.74) is 0.393. The van der Waals surface area contributed by atoms with Gasteiger partial charge in [0.25, 0.3) is 0 Å². The predicted octanol–water partition coefficient (Wildman–Crippen LogP) is 9.02. The minimum absolute atomic E-state index is 0.00260. The summed E-state index contributed by atoms with van der Waals surface area (Å²) in [6.45, 7) is 20.2. The van der Waals surface area contributed by atoms with Crippen molar-refractivity contribution in [2.45, 2.75) is 158 Å². The third kappa shape index (κ3) is 4.54. The summed E-state index contributed by atoms with van der Waals surface area (Å²) in [6.07, 6.45) is 15.3. The number of carbonyl (C=O) groups excluding carboxylic acids is 3. The lowest BCUT2D eigenvalue weighted by molar-refractivity contribution is -0.210. The maximum absolute atomic E-state index is 14.7. The number of fused-ring (bicyclic) bond motifs is 7. The summed E-state index contributed by atoms with van der Waals surface area (Å²) in [7, 11) is 0. The van der Waals surface area contributed by atoms with E-state index in [4.69, 9.17) is 9.47 Å². The number of hydrogen-bond donors (Lipinski definition) is 0. The van der Waals surface area contributed by atoms with Crippen LogP contribution >= 0.6 is 0 Å². The number of ketones is 1. The van der Waals surface area contributed by atoms with Gasteiger partial charge in [0.15, 0.2) is 5.78 Å². The van der Waals surface area contributed by atoms with Crippen molar-refractivity contribution in [1.82, 2.24) is 0 Å². The number of allylic oxidation sites excluding steroid dienone is 2. The lowest BCUT2D eigenvalue weighted by Crippen LogP contribution is -2.66. The van der Waals surface area contributed by atoms with Gasteiger partial charge in [0.2, 0.25) is 0 Å². The maximum Gasteiger partial charge on any atom is 0.312 e. The van der Waals surface area contributed by atoms with Crippen molar-refractivity contribution in [3.05, 3.63) is 11.6 Å². The second kappa shape index (κ2) is 10.4. The number of esters is 2. The zero-order chi connectivity index (χ0) is 32.1. The quantitative estimate of drug-likeness (QED) is 0.299. The van der Waals surface area contributed by atoms with Gasteiger partial charge in [-0.3, -0.25) is 14.4 Å². The molecular formula is C39H60O5. The highest BCUT2D eigenvalue weighted by molar-refractivity contribution is 5.95. The first-order valence-corrected chi connectivity index (χ1v) is 18.1. The highest BCUT2D eigenvalue weighted by atomic mass is 16.5. The van der Waals surface area contributed by atoms with Crippen LogP contribution in [0.2, 0.25) is 0 Å². The summed E-state index contributed by atoms with van der Waals surface area (Å²) < 4.78 is 12.2. The zero-order valence-electron chi connectivity index (χ0n) is 29.3. The van der Waals surface area contributed by atoms with Crippen molar-refractivity contribution < 1.29 is 23.9 Å². The van der Waals surface area contributed by atoms with Crippen LogP contribution in [0.1, 0.15) is 146 Å². The van der Waals surface area contributed by atoms with Crippen LogP contribution in [-0.4, -0.2) is 29.9 Å². The van der Waals surface area contributed by atoms with Gasteiger partial charge in [-0.05, 0) is 129 Å². The van der Waals surface area contributed by atoms with Crippen LogP contribution in [-0.2, 0) is 23.9 Å². The van der Waals surface area contributed by atoms with Gasteiger partial charge in [-0.2, -0.15) is 0 Å². The Morgan fingerprint density at radius 2 is 1.50 bits per heavy atom. The molecule has 44 heavy (non-hydrogen) atoms. The first-order valence-electron chi connectivity index (χ1n) is 18.1. The van der Waals surface area contributed by atoms with E-state index >= 15 is 0 Å². The van der Waals surface area contributed by atoms with Crippen molar-refractivity contribution in [1.29, 1.82) is 0 Å². The third-order valence-corrected chi connectivity index (χ3v) is 15.6. The van der Waals surface area contributed by atoms with E-state index in [1.165, 1.54) is 18.9 Å². The van der Waals surface area contributed by atoms with E-state index in [2.05, 4.69) is 61.5 Å². The van der Waals surface area contributed by atoms with Crippen LogP contribution < -0.4 is 0 Å². The molecule has 6 aliphatic rings. The van der Waals surface area contributed by atoms with Crippen LogP contribution in [0.3, 0.4) is 0 Å². The molecule has 0 amide bonds. The van der Waals surface area contributed by atoms with Gasteiger partial charge in [-0.1, -0.05) is 60.5 Å². The van der Waals surface area contributed by atoms with Crippen LogP contribution in [0.15, 0.2) is 11.6 Å². The molecule has 6 aliphatic carbocycles. The van der Waals surface area contributed by atoms with E-state index in [1.807, 2.05) is 0 Å². The Bertz CT molecular complexity index is 1250. The lowest BCUT2D eigenvalue weighted by Gasteiger charge is -2.70. The Morgan fingerprint density at radius 3 is 2.18 bits per heavy atom. The van der Waals surface area contributed by atoms with Crippen molar-refractivity contribution in [3.8, 4) is 0 Å². The molecule has 0 aromatic heterocycles. The summed E-state index contributed by atoms with van der Waals surface area (Å²) in [6, 6.07) is 0. The molecule has 0 bridgehead atoms. The largest absolute Gasteiger partial charge is 0.462 e. The Balaban J connectivity index is 1.33. The van der Waals surface area contributed by atoms with E-state index in [0.29, 0.717) is 17.6 Å². The molecule has 5 heteroatoms. The van der Waals surface area contributed by atoms with E-state index in [-0.39, 0.29) is 63.1 Å². The average molecular weight is 609 g/mol. The second-order valence-electron chi connectivity index (χ2n) is 18.4. The highest BCUT2D eigenvalue weighted by Gasteiger charge is 2.70. The molecule has 0 aromatic carbocycles. The van der Waals surface area contributed by atoms with Crippen molar-refractivity contribution >= 4 is 17.7 Å². The molecule has 0 aromatic rings. The molecular weight excluding hydrogens is 548 g/mol. The Hall–Kier alpha value is -1.65. The fourth-order valence-electron chi connectivity index (χ4n) is 12.5. The van der Waals surface area contributed by atoms with Crippen molar-refractivity contribution in [3.63, 3.8) is 0 Å². The zero-order valence-corrected chi connectivity index (χ0v) is 29.3. The number of hydrogen-bond acceptors (Lipinski definition) is 5. The molecule has 0 unspecified atom stereocenters. The van der Waals surface area contributed by atoms with E-state index < -0.39 is 5.41 Å². The van der Waals surface area contributed by atoms with Gasteiger partial charge in [0.05, 0.1) is 5.41 Å². The van der Waals surface area contributed by atoms with E-state index in [9.17, 15) is 14.4 Å². The molecule has 5 saturated carbocycles. The highest BCUT2D eigenvalue weighted by Crippen LogP contribution is 2.75. The lowest BCUT2D eigenvalue weighted by atomic mass is 9.33. The van der Waals surface area contributed by atoms with E-state index in [1.54, 1.807) is 0 Å². The molecule has 0 radical (unpaired) electrons. The smallest absolute Gasteiger partial charge is 0.312 e. The summed E-state index contributed by atoms with van der Waals surface area (Å²) in [5.74, 6) is 1.03.